The van der Waals surface area contributed by atoms with E-state index in [0.717, 1.165) is 103 Å². The molecule has 6 nitrogen and oxygen atoms in total. The molecule has 0 saturated carbocycles. The zero-order valence-corrected chi connectivity index (χ0v) is 40.3. The molecule has 0 aromatic carbocycles. The van der Waals surface area contributed by atoms with Gasteiger partial charge in [0.1, 0.15) is 13.2 Å². The van der Waals surface area contributed by atoms with Crippen LogP contribution in [0.2, 0.25) is 0 Å². The molecule has 0 aromatic heterocycles. The first-order chi connectivity index (χ1) is 31.0. The molecule has 1 unspecified atom stereocenters. The van der Waals surface area contributed by atoms with Crippen LogP contribution in [-0.2, 0) is 28.6 Å². The highest BCUT2D eigenvalue weighted by molar-refractivity contribution is 5.71. The van der Waals surface area contributed by atoms with E-state index in [1.807, 2.05) is 72.9 Å². The lowest BCUT2D eigenvalue weighted by molar-refractivity contribution is -0.167. The average molecular weight is 871 g/mol. The number of ether oxygens (including phenoxy) is 3. The van der Waals surface area contributed by atoms with Crippen LogP contribution < -0.4 is 0 Å². The smallest absolute Gasteiger partial charge is 0.306 e. The van der Waals surface area contributed by atoms with Gasteiger partial charge in [-0.15, -0.1) is 0 Å². The summed E-state index contributed by atoms with van der Waals surface area (Å²) >= 11 is 0. The Hall–Kier alpha value is -4.19. The minimum absolute atomic E-state index is 0.104. The van der Waals surface area contributed by atoms with Crippen LogP contribution in [0.3, 0.4) is 0 Å². The normalized spacial score (nSPS) is 13.1. The SMILES string of the molecule is CC\C=C/C=C\C=C/C=C\C=C\C=C/C=C\CCCCCC(=O)OCC(COC(=O)CCCCCCC/C=C\CCCCC)OC(=O)CCCCCCCCC/C=C\C/C=C\CC. The molecule has 1 atom stereocenters. The first kappa shape index (κ1) is 58.8. The fourth-order valence-electron chi connectivity index (χ4n) is 6.40. The van der Waals surface area contributed by atoms with Gasteiger partial charge in [0.25, 0.3) is 0 Å². The molecule has 0 N–H and O–H groups in total. The first-order valence-corrected chi connectivity index (χ1v) is 25.1. The molecule has 6 heteroatoms. The van der Waals surface area contributed by atoms with Gasteiger partial charge in [-0.1, -0.05) is 213 Å². The van der Waals surface area contributed by atoms with Crippen molar-refractivity contribution in [3.63, 3.8) is 0 Å². The summed E-state index contributed by atoms with van der Waals surface area (Å²) in [6, 6.07) is 0. The Kier molecular flexibility index (Phi) is 47.1. The summed E-state index contributed by atoms with van der Waals surface area (Å²) in [5, 5.41) is 0. The van der Waals surface area contributed by atoms with Gasteiger partial charge < -0.3 is 14.2 Å². The maximum absolute atomic E-state index is 12.8. The van der Waals surface area contributed by atoms with E-state index in [1.54, 1.807) is 0 Å². The summed E-state index contributed by atoms with van der Waals surface area (Å²) in [5.41, 5.74) is 0. The van der Waals surface area contributed by atoms with Gasteiger partial charge in [0.15, 0.2) is 6.10 Å². The molecule has 0 heterocycles. The Balaban J connectivity index is 4.53. The highest BCUT2D eigenvalue weighted by Crippen LogP contribution is 2.13. The molecule has 0 bridgehead atoms. The molecule has 0 aromatic rings. The maximum atomic E-state index is 12.8. The minimum atomic E-state index is -0.807. The summed E-state index contributed by atoms with van der Waals surface area (Å²) in [5.74, 6) is -0.977. The average Bonchev–Trinajstić information content (AvgIpc) is 3.28. The Labute approximate surface area is 386 Å². The lowest BCUT2D eigenvalue weighted by Crippen LogP contribution is -2.30. The van der Waals surface area contributed by atoms with Crippen LogP contribution in [0.1, 0.15) is 201 Å². The van der Waals surface area contributed by atoms with Crippen LogP contribution in [0, 0.1) is 0 Å². The Morgan fingerprint density at radius 2 is 0.698 bits per heavy atom. The quantitative estimate of drug-likeness (QED) is 0.0200. The molecule has 0 spiro atoms. The largest absolute Gasteiger partial charge is 0.462 e. The molecule has 0 rings (SSSR count). The molecule has 0 aliphatic carbocycles. The van der Waals surface area contributed by atoms with E-state index in [4.69, 9.17) is 14.2 Å². The second kappa shape index (κ2) is 50.5. The van der Waals surface area contributed by atoms with Gasteiger partial charge in [0.05, 0.1) is 0 Å². The van der Waals surface area contributed by atoms with Crippen LogP contribution in [0.4, 0.5) is 0 Å². The first-order valence-electron chi connectivity index (χ1n) is 25.1. The van der Waals surface area contributed by atoms with Gasteiger partial charge in [-0.3, -0.25) is 14.4 Å². The molecule has 63 heavy (non-hydrogen) atoms. The summed E-state index contributed by atoms with van der Waals surface area (Å²) in [6.07, 6.45) is 68.9. The highest BCUT2D eigenvalue weighted by atomic mass is 16.6. The van der Waals surface area contributed by atoms with E-state index in [2.05, 4.69) is 69.4 Å². The van der Waals surface area contributed by atoms with Crippen LogP contribution >= 0.6 is 0 Å². The number of hydrogen-bond acceptors (Lipinski definition) is 6. The Bertz CT molecular complexity index is 1370. The van der Waals surface area contributed by atoms with Crippen molar-refractivity contribution in [2.45, 2.75) is 207 Å². The molecule has 0 saturated heterocycles. The van der Waals surface area contributed by atoms with E-state index < -0.39 is 6.10 Å². The molecule has 0 radical (unpaired) electrons. The molecule has 0 fully saturated rings. The van der Waals surface area contributed by atoms with E-state index >= 15 is 0 Å². The topological polar surface area (TPSA) is 78.9 Å². The van der Waals surface area contributed by atoms with Crippen LogP contribution in [0.15, 0.2) is 122 Å². The summed E-state index contributed by atoms with van der Waals surface area (Å²) in [4.78, 5) is 37.9. The van der Waals surface area contributed by atoms with Crippen molar-refractivity contribution in [3.8, 4) is 0 Å². The second-order valence-corrected chi connectivity index (χ2v) is 16.1. The van der Waals surface area contributed by atoms with Gasteiger partial charge in [-0.25, -0.2) is 0 Å². The van der Waals surface area contributed by atoms with Crippen molar-refractivity contribution >= 4 is 17.9 Å². The van der Waals surface area contributed by atoms with Gasteiger partial charge in [-0.2, -0.15) is 0 Å². The van der Waals surface area contributed by atoms with Crippen LogP contribution in [0.25, 0.3) is 0 Å². The monoisotopic (exact) mass is 871 g/mol. The second-order valence-electron chi connectivity index (χ2n) is 16.1. The molecular formula is C57H90O6. The standard InChI is InChI=1S/C57H90O6/c1-4-7-10-13-16-19-22-25-27-28-29-30-31-33-35-38-41-44-47-50-56(59)62-53-54(52-61-55(58)49-46-43-40-37-34-24-21-18-15-12-9-6-3)63-57(60)51-48-45-42-39-36-32-26-23-20-17-14-11-8-5-2/h7-8,10-11,13,16-22,25,27-31,33,35,54H,4-6,9,12,14-15,23-24,26,32,34,36-53H2,1-3H3/b10-7-,11-8-,16-13-,20-17-,21-18-,22-19-,27-25-,29-28+,31-30-,35-33-. The zero-order valence-electron chi connectivity index (χ0n) is 40.3. The number of esters is 3. The maximum Gasteiger partial charge on any atom is 0.306 e. The number of rotatable bonds is 43. The Morgan fingerprint density at radius 1 is 0.349 bits per heavy atom. The van der Waals surface area contributed by atoms with Crippen molar-refractivity contribution in [1.82, 2.24) is 0 Å². The summed E-state index contributed by atoms with van der Waals surface area (Å²) < 4.78 is 16.7. The van der Waals surface area contributed by atoms with Crippen LogP contribution in [-0.4, -0.2) is 37.2 Å². The third kappa shape index (κ3) is 48.7. The van der Waals surface area contributed by atoms with Gasteiger partial charge in [-0.05, 0) is 89.9 Å². The molecule has 0 aliphatic heterocycles. The molecular weight excluding hydrogens is 781 g/mol. The fourth-order valence-corrected chi connectivity index (χ4v) is 6.40. The van der Waals surface area contributed by atoms with Crippen molar-refractivity contribution in [2.75, 3.05) is 13.2 Å². The van der Waals surface area contributed by atoms with E-state index in [9.17, 15) is 14.4 Å². The lowest BCUT2D eigenvalue weighted by atomic mass is 10.1. The lowest BCUT2D eigenvalue weighted by Gasteiger charge is -2.18. The summed E-state index contributed by atoms with van der Waals surface area (Å²) in [6.45, 7) is 6.29. The van der Waals surface area contributed by atoms with Crippen molar-refractivity contribution in [2.24, 2.45) is 0 Å². The summed E-state index contributed by atoms with van der Waals surface area (Å²) in [7, 11) is 0. The van der Waals surface area contributed by atoms with Crippen molar-refractivity contribution in [1.29, 1.82) is 0 Å². The van der Waals surface area contributed by atoms with E-state index in [0.29, 0.717) is 19.3 Å². The third-order valence-electron chi connectivity index (χ3n) is 10.1. The third-order valence-corrected chi connectivity index (χ3v) is 10.1. The number of carbonyl (C=O) groups excluding carboxylic acids is 3. The highest BCUT2D eigenvalue weighted by Gasteiger charge is 2.19. The van der Waals surface area contributed by atoms with E-state index in [-0.39, 0.29) is 31.1 Å². The predicted molar refractivity (Wildman–Crippen MR) is 269 cm³/mol. The number of carbonyl (C=O) groups is 3. The van der Waals surface area contributed by atoms with E-state index in [1.165, 1.54) is 57.8 Å². The van der Waals surface area contributed by atoms with Gasteiger partial charge >= 0.3 is 17.9 Å². The van der Waals surface area contributed by atoms with Crippen LogP contribution in [0.5, 0.6) is 0 Å². The number of allylic oxidation sites excluding steroid dienone is 20. The molecule has 354 valence electrons. The molecule has 0 aliphatic rings. The van der Waals surface area contributed by atoms with Crippen molar-refractivity contribution < 1.29 is 28.6 Å². The zero-order chi connectivity index (χ0) is 45.8. The number of unbranched alkanes of at least 4 members (excludes halogenated alkanes) is 18. The predicted octanol–water partition coefficient (Wildman–Crippen LogP) is 16.5. The van der Waals surface area contributed by atoms with Gasteiger partial charge in [0.2, 0.25) is 0 Å². The van der Waals surface area contributed by atoms with Crippen molar-refractivity contribution in [3.05, 3.63) is 122 Å². The minimum Gasteiger partial charge on any atom is -0.462 e. The fraction of sp³-hybridized carbons (Fsp3) is 0.596. The molecule has 0 amide bonds. The number of hydrogen-bond donors (Lipinski definition) is 0. The van der Waals surface area contributed by atoms with Gasteiger partial charge in [0, 0.05) is 19.3 Å². The Morgan fingerprint density at radius 3 is 1.17 bits per heavy atom.